The molecule has 312 valence electrons. The second kappa shape index (κ2) is 16.9. The molecule has 1 aromatic heterocycles. The number of fused-ring (bicyclic) bond motifs is 2. The van der Waals surface area contributed by atoms with Crippen LogP contribution in [0.25, 0.3) is 0 Å². The summed E-state index contributed by atoms with van der Waals surface area (Å²) in [5, 5.41) is 35.6. The molecule has 14 heteroatoms. The fourth-order valence-electron chi connectivity index (χ4n) is 9.41. The third kappa shape index (κ3) is 7.73. The van der Waals surface area contributed by atoms with E-state index in [4.69, 9.17) is 9.47 Å². The minimum absolute atomic E-state index is 0.123. The van der Waals surface area contributed by atoms with Crippen LogP contribution in [-0.4, -0.2) is 64.7 Å². The predicted molar refractivity (Wildman–Crippen MR) is 235 cm³/mol. The number of hydrogen-bond donors (Lipinski definition) is 2. The molecule has 3 heterocycles. The number of ether oxygens (including phenoxy) is 2. The van der Waals surface area contributed by atoms with E-state index in [2.05, 4.69) is 47.8 Å². The normalized spacial score (nSPS) is 20.1. The number of aliphatic hydroxyl groups excluding tert-OH is 1. The number of carbonyl (C=O) groups is 2. The number of benzene rings is 5. The summed E-state index contributed by atoms with van der Waals surface area (Å²) in [6, 6.07) is 38.6. The SMILES string of the molecule is COc1ccc([Si](C)(C)[C@H]2[C@H](CCn3cc(C(CO)c4ccccc4)nn3)O[C@@]3(C(=O)N(Cc4ccc(NC(=O)c5ccccc5)cc4)c4ccc([N+](=O)[O-])cc43)[C@@H]2C)cc1. The topological polar surface area (TPSA) is 162 Å². The van der Waals surface area contributed by atoms with E-state index < -0.39 is 30.6 Å². The first-order valence-electron chi connectivity index (χ1n) is 20.4. The van der Waals surface area contributed by atoms with E-state index >= 15 is 4.79 Å². The van der Waals surface area contributed by atoms with Crippen molar-refractivity contribution in [2.75, 3.05) is 23.9 Å². The van der Waals surface area contributed by atoms with Crippen LogP contribution in [0.15, 0.2) is 134 Å². The lowest BCUT2D eigenvalue weighted by atomic mass is 9.82. The summed E-state index contributed by atoms with van der Waals surface area (Å²) in [7, 11) is -0.894. The Balaban J connectivity index is 1.13. The van der Waals surface area contributed by atoms with Gasteiger partial charge in [-0.2, -0.15) is 0 Å². The standard InChI is InChI=1S/C47H48N6O7Si/c1-31-44(61(3,4)38-22-20-37(59-2)21-23-38)43(25-26-51-29-41(49-50-51)39(30-54)33-11-7-5-8-12-33)60-47(31)40-27-36(53(57)58)19-24-42(40)52(46(47)56)28-32-15-17-35(18-16-32)48-45(55)34-13-9-6-10-14-34/h5-24,27,29,31,39,43-44,54H,25-26,28,30H2,1-4H3,(H,48,55)/t31-,39?,43+,44-,47+/m1/s1. The minimum Gasteiger partial charge on any atom is -0.497 e. The molecule has 5 aromatic carbocycles. The van der Waals surface area contributed by atoms with Crippen LogP contribution >= 0.6 is 0 Å². The second-order valence-electron chi connectivity index (χ2n) is 16.4. The molecule has 0 saturated carbocycles. The van der Waals surface area contributed by atoms with Gasteiger partial charge in [0, 0.05) is 47.6 Å². The van der Waals surface area contributed by atoms with E-state index in [1.807, 2.05) is 66.9 Å². The van der Waals surface area contributed by atoms with Crippen molar-refractivity contribution in [1.29, 1.82) is 0 Å². The van der Waals surface area contributed by atoms with Crippen LogP contribution in [0, 0.1) is 16.0 Å². The van der Waals surface area contributed by atoms with E-state index in [9.17, 15) is 20.0 Å². The zero-order chi connectivity index (χ0) is 42.9. The van der Waals surface area contributed by atoms with Gasteiger partial charge in [-0.05, 0) is 65.6 Å². The van der Waals surface area contributed by atoms with E-state index in [1.165, 1.54) is 12.1 Å². The first-order valence-corrected chi connectivity index (χ1v) is 23.5. The predicted octanol–water partition coefficient (Wildman–Crippen LogP) is 7.42. The lowest BCUT2D eigenvalue weighted by molar-refractivity contribution is -0.385. The molecule has 1 spiro atoms. The summed E-state index contributed by atoms with van der Waals surface area (Å²) >= 11 is 0. The van der Waals surface area contributed by atoms with Gasteiger partial charge >= 0.3 is 0 Å². The molecular formula is C47H48N6O7Si. The monoisotopic (exact) mass is 836 g/mol. The van der Waals surface area contributed by atoms with Crippen molar-refractivity contribution in [3.63, 3.8) is 0 Å². The number of hydrogen-bond acceptors (Lipinski definition) is 9. The van der Waals surface area contributed by atoms with Crippen molar-refractivity contribution < 1.29 is 29.1 Å². The van der Waals surface area contributed by atoms with Crippen LogP contribution in [0.4, 0.5) is 17.1 Å². The van der Waals surface area contributed by atoms with Gasteiger partial charge in [0.1, 0.15) is 5.75 Å². The van der Waals surface area contributed by atoms with Gasteiger partial charge in [-0.15, -0.1) is 5.10 Å². The van der Waals surface area contributed by atoms with E-state index in [1.54, 1.807) is 59.2 Å². The summed E-state index contributed by atoms with van der Waals surface area (Å²) < 4.78 is 14.5. The molecule has 2 aliphatic rings. The number of amides is 2. The average molecular weight is 837 g/mol. The van der Waals surface area contributed by atoms with Crippen LogP contribution in [0.5, 0.6) is 5.75 Å². The highest BCUT2D eigenvalue weighted by Crippen LogP contribution is 2.60. The Bertz CT molecular complexity index is 2530. The Morgan fingerprint density at radius 2 is 1.67 bits per heavy atom. The number of aryl methyl sites for hydroxylation is 1. The van der Waals surface area contributed by atoms with Crippen molar-refractivity contribution in [3.05, 3.63) is 172 Å². The molecule has 8 rings (SSSR count). The maximum atomic E-state index is 15.3. The van der Waals surface area contributed by atoms with Gasteiger partial charge < -0.3 is 24.8 Å². The summed E-state index contributed by atoms with van der Waals surface area (Å²) in [5.41, 5.74) is 2.80. The maximum absolute atomic E-state index is 15.3. The Morgan fingerprint density at radius 3 is 2.33 bits per heavy atom. The van der Waals surface area contributed by atoms with Crippen molar-refractivity contribution in [3.8, 4) is 5.75 Å². The van der Waals surface area contributed by atoms with E-state index in [0.717, 1.165) is 22.1 Å². The maximum Gasteiger partial charge on any atom is 0.269 e. The van der Waals surface area contributed by atoms with Crippen molar-refractivity contribution in [2.45, 2.75) is 62.7 Å². The Hall–Kier alpha value is -6.48. The van der Waals surface area contributed by atoms with E-state index in [-0.39, 0.29) is 42.1 Å². The highest BCUT2D eigenvalue weighted by molar-refractivity contribution is 6.91. The zero-order valence-corrected chi connectivity index (χ0v) is 35.5. The number of rotatable bonds is 14. The Morgan fingerprint density at radius 1 is 0.984 bits per heavy atom. The molecule has 0 radical (unpaired) electrons. The highest BCUT2D eigenvalue weighted by Gasteiger charge is 2.66. The lowest BCUT2D eigenvalue weighted by Gasteiger charge is -2.37. The quantitative estimate of drug-likeness (QED) is 0.0646. The van der Waals surface area contributed by atoms with Crippen LogP contribution in [-0.2, 0) is 28.2 Å². The summed E-state index contributed by atoms with van der Waals surface area (Å²) in [6.45, 7) is 7.10. The molecule has 13 nitrogen and oxygen atoms in total. The fraction of sp³-hybridized carbons (Fsp3) is 0.277. The summed E-state index contributed by atoms with van der Waals surface area (Å²) in [6.07, 6.45) is 1.88. The molecule has 1 saturated heterocycles. The first kappa shape index (κ1) is 41.3. The molecule has 61 heavy (non-hydrogen) atoms. The number of nitro benzene ring substituents is 1. The third-order valence-corrected chi connectivity index (χ3v) is 16.9. The van der Waals surface area contributed by atoms with Crippen LogP contribution in [0.3, 0.4) is 0 Å². The molecule has 1 fully saturated rings. The summed E-state index contributed by atoms with van der Waals surface area (Å²) in [5.74, 6) is -0.498. The Labute approximate surface area is 355 Å². The van der Waals surface area contributed by atoms with Gasteiger partial charge in [-0.3, -0.25) is 24.4 Å². The number of nitrogens with zero attached hydrogens (tertiary/aromatic N) is 5. The number of aliphatic hydroxyl groups is 1. The molecule has 1 unspecified atom stereocenters. The number of carbonyl (C=O) groups excluding carboxylic acids is 2. The molecule has 0 bridgehead atoms. The van der Waals surface area contributed by atoms with Crippen LogP contribution in [0.2, 0.25) is 18.6 Å². The number of non-ortho nitro benzene ring substituents is 1. The number of aromatic nitrogens is 3. The lowest BCUT2D eigenvalue weighted by Crippen LogP contribution is -2.51. The van der Waals surface area contributed by atoms with Crippen LogP contribution < -0.4 is 20.1 Å². The average Bonchev–Trinajstić information content (AvgIpc) is 3.94. The first-order chi connectivity index (χ1) is 29.4. The number of methoxy groups -OCH3 is 1. The van der Waals surface area contributed by atoms with Crippen molar-refractivity contribution >= 4 is 42.1 Å². The fourth-order valence-corrected chi connectivity index (χ4v) is 13.5. The minimum atomic E-state index is -2.53. The largest absolute Gasteiger partial charge is 0.497 e. The highest BCUT2D eigenvalue weighted by atomic mass is 28.3. The number of nitro groups is 1. The smallest absolute Gasteiger partial charge is 0.269 e. The van der Waals surface area contributed by atoms with Gasteiger partial charge in [0.2, 0.25) is 0 Å². The van der Waals surface area contributed by atoms with E-state index in [0.29, 0.717) is 41.2 Å². The van der Waals surface area contributed by atoms with Crippen molar-refractivity contribution in [1.82, 2.24) is 15.0 Å². The van der Waals surface area contributed by atoms with Gasteiger partial charge in [0.05, 0.1) is 56.7 Å². The van der Waals surface area contributed by atoms with Gasteiger partial charge in [-0.1, -0.05) is 103 Å². The molecule has 2 aliphatic heterocycles. The molecular weight excluding hydrogens is 789 g/mol. The van der Waals surface area contributed by atoms with Crippen molar-refractivity contribution in [2.24, 2.45) is 5.92 Å². The molecule has 0 aliphatic carbocycles. The second-order valence-corrected chi connectivity index (χ2v) is 21.1. The summed E-state index contributed by atoms with van der Waals surface area (Å²) in [4.78, 5) is 41.7. The van der Waals surface area contributed by atoms with Crippen LogP contribution in [0.1, 0.15) is 52.0 Å². The molecule has 5 atom stereocenters. The molecule has 6 aromatic rings. The molecule has 2 N–H and O–H groups in total. The van der Waals surface area contributed by atoms with Gasteiger partial charge in [-0.25, -0.2) is 0 Å². The number of nitrogens with one attached hydrogen (secondary N) is 1. The third-order valence-electron chi connectivity index (χ3n) is 12.6. The Kier molecular flexibility index (Phi) is 11.4. The zero-order valence-electron chi connectivity index (χ0n) is 34.5. The molecule has 2 amide bonds. The van der Waals surface area contributed by atoms with Gasteiger partial charge in [0.25, 0.3) is 17.5 Å². The number of anilines is 2. The van der Waals surface area contributed by atoms with Gasteiger partial charge in [0.15, 0.2) is 5.60 Å².